The van der Waals surface area contributed by atoms with Crippen LogP contribution in [-0.2, 0) is 0 Å². The fraction of sp³-hybridized carbons (Fsp3) is 0.176. The summed E-state index contributed by atoms with van der Waals surface area (Å²) in [6, 6.07) is 14.1. The van der Waals surface area contributed by atoms with Gasteiger partial charge in [-0.1, -0.05) is 18.2 Å². The minimum atomic E-state index is 0.593. The van der Waals surface area contributed by atoms with Crippen molar-refractivity contribution in [3.8, 4) is 22.9 Å². The van der Waals surface area contributed by atoms with Crippen molar-refractivity contribution in [2.45, 2.75) is 0 Å². The molecule has 0 aliphatic carbocycles. The summed E-state index contributed by atoms with van der Waals surface area (Å²) < 4.78 is 18.4. The Bertz CT molecular complexity index is 777. The van der Waals surface area contributed by atoms with E-state index in [2.05, 4.69) is 22.8 Å². The van der Waals surface area contributed by atoms with Crippen molar-refractivity contribution in [2.24, 2.45) is 0 Å². The second kappa shape index (κ2) is 5.40. The Kier molecular flexibility index (Phi) is 3.44. The third-order valence-electron chi connectivity index (χ3n) is 3.54. The Hall–Kier alpha value is -2.62. The lowest BCUT2D eigenvalue weighted by molar-refractivity contribution is 0.324. The molecule has 4 nitrogen and oxygen atoms in total. The Labute approximate surface area is 123 Å². The number of hydrogen-bond donors (Lipinski definition) is 0. The largest absolute Gasteiger partial charge is 0.493 e. The van der Waals surface area contributed by atoms with Gasteiger partial charge >= 0.3 is 0 Å². The number of nitrogens with zero attached hydrogens (tertiary/aromatic N) is 1. The molecule has 0 bridgehead atoms. The van der Waals surface area contributed by atoms with Crippen LogP contribution in [0.4, 0.5) is 0 Å². The molecule has 1 aromatic heterocycles. The summed E-state index contributed by atoms with van der Waals surface area (Å²) in [6.45, 7) is 0. The molecule has 0 radical (unpaired) electrons. The first kappa shape index (κ1) is 13.4. The summed E-state index contributed by atoms with van der Waals surface area (Å²) in [6.07, 6.45) is 2.02. The zero-order valence-corrected chi connectivity index (χ0v) is 12.3. The first-order valence-corrected chi connectivity index (χ1v) is 6.65. The molecule has 0 saturated carbocycles. The molecule has 108 valence electrons. The molecule has 0 aliphatic rings. The molecular weight excluding hydrogens is 266 g/mol. The summed E-state index contributed by atoms with van der Waals surface area (Å²) in [7, 11) is 4.85. The number of hydrogen-bond acceptors (Lipinski definition) is 3. The molecule has 21 heavy (non-hydrogen) atoms. The van der Waals surface area contributed by atoms with E-state index in [-0.39, 0.29) is 0 Å². The highest BCUT2D eigenvalue weighted by Crippen LogP contribution is 2.42. The van der Waals surface area contributed by atoms with Gasteiger partial charge < -0.3 is 18.8 Å². The van der Waals surface area contributed by atoms with Crippen LogP contribution in [0.5, 0.6) is 17.2 Å². The van der Waals surface area contributed by atoms with Gasteiger partial charge in [0.15, 0.2) is 11.5 Å². The molecule has 3 rings (SSSR count). The van der Waals surface area contributed by atoms with Gasteiger partial charge in [0.05, 0.1) is 32.5 Å². The first-order chi connectivity index (χ1) is 10.3. The van der Waals surface area contributed by atoms with Crippen LogP contribution >= 0.6 is 0 Å². The molecule has 2 aromatic carbocycles. The smallest absolute Gasteiger partial charge is 0.205 e. The lowest BCUT2D eigenvalue weighted by Gasteiger charge is -2.16. The average molecular weight is 283 g/mol. The maximum atomic E-state index is 5.56. The number of para-hydroxylation sites is 1. The number of ether oxygens (including phenoxy) is 3. The molecule has 0 aliphatic heterocycles. The Morgan fingerprint density at radius 2 is 1.52 bits per heavy atom. The van der Waals surface area contributed by atoms with Gasteiger partial charge in [0, 0.05) is 6.20 Å². The predicted octanol–water partition coefficient (Wildman–Crippen LogP) is 3.66. The van der Waals surface area contributed by atoms with Crippen LogP contribution in [-0.4, -0.2) is 25.9 Å². The summed E-state index contributed by atoms with van der Waals surface area (Å²) in [5.41, 5.74) is 2.03. The molecule has 0 unspecified atom stereocenters. The van der Waals surface area contributed by atoms with Crippen LogP contribution in [0.15, 0.2) is 48.7 Å². The van der Waals surface area contributed by atoms with Gasteiger partial charge in [0.2, 0.25) is 5.75 Å². The van der Waals surface area contributed by atoms with E-state index in [0.29, 0.717) is 17.2 Å². The van der Waals surface area contributed by atoms with Crippen molar-refractivity contribution in [1.29, 1.82) is 0 Å². The Morgan fingerprint density at radius 3 is 2.24 bits per heavy atom. The number of benzene rings is 2. The van der Waals surface area contributed by atoms with Crippen molar-refractivity contribution < 1.29 is 14.2 Å². The summed E-state index contributed by atoms with van der Waals surface area (Å²) in [5.74, 6) is 1.89. The maximum absolute atomic E-state index is 5.56. The summed E-state index contributed by atoms with van der Waals surface area (Å²) >= 11 is 0. The minimum Gasteiger partial charge on any atom is -0.493 e. The fourth-order valence-electron chi connectivity index (χ4n) is 2.57. The monoisotopic (exact) mass is 283 g/mol. The van der Waals surface area contributed by atoms with Crippen LogP contribution < -0.4 is 14.2 Å². The van der Waals surface area contributed by atoms with Gasteiger partial charge in [0.1, 0.15) is 0 Å². The van der Waals surface area contributed by atoms with Crippen molar-refractivity contribution in [3.05, 3.63) is 48.7 Å². The zero-order valence-electron chi connectivity index (χ0n) is 12.3. The Balaban J connectivity index is 2.27. The van der Waals surface area contributed by atoms with Gasteiger partial charge in [-0.05, 0) is 29.7 Å². The van der Waals surface area contributed by atoms with Crippen molar-refractivity contribution >= 4 is 10.9 Å². The van der Waals surface area contributed by atoms with Crippen LogP contribution in [0, 0.1) is 0 Å². The van der Waals surface area contributed by atoms with E-state index < -0.39 is 0 Å². The third-order valence-corrected chi connectivity index (χ3v) is 3.54. The van der Waals surface area contributed by atoms with E-state index in [0.717, 1.165) is 11.2 Å². The number of aromatic nitrogens is 1. The molecule has 0 atom stereocenters. The molecule has 4 heteroatoms. The Morgan fingerprint density at radius 1 is 0.762 bits per heavy atom. The minimum absolute atomic E-state index is 0.593. The molecule has 0 saturated heterocycles. The number of fused-ring (bicyclic) bond motifs is 1. The average Bonchev–Trinajstić information content (AvgIpc) is 2.97. The van der Waals surface area contributed by atoms with E-state index in [1.807, 2.05) is 30.5 Å². The molecule has 0 amide bonds. The predicted molar refractivity (Wildman–Crippen MR) is 82.9 cm³/mol. The molecule has 1 heterocycles. The topological polar surface area (TPSA) is 32.6 Å². The van der Waals surface area contributed by atoms with E-state index in [9.17, 15) is 0 Å². The lowest BCUT2D eigenvalue weighted by atomic mass is 10.2. The van der Waals surface area contributed by atoms with Crippen LogP contribution in [0.3, 0.4) is 0 Å². The highest BCUT2D eigenvalue weighted by Gasteiger charge is 2.17. The van der Waals surface area contributed by atoms with Crippen molar-refractivity contribution in [3.63, 3.8) is 0 Å². The molecular formula is C17H17NO3. The van der Waals surface area contributed by atoms with Gasteiger partial charge in [-0.15, -0.1) is 0 Å². The fourth-order valence-corrected chi connectivity index (χ4v) is 2.57. The van der Waals surface area contributed by atoms with Crippen LogP contribution in [0.2, 0.25) is 0 Å². The van der Waals surface area contributed by atoms with E-state index >= 15 is 0 Å². The first-order valence-electron chi connectivity index (χ1n) is 6.65. The van der Waals surface area contributed by atoms with E-state index in [4.69, 9.17) is 14.2 Å². The maximum Gasteiger partial charge on any atom is 0.205 e. The SMILES string of the molecule is COc1ccc(-n2ccc3ccccc32)c(OC)c1OC. The normalized spacial score (nSPS) is 10.6. The van der Waals surface area contributed by atoms with Crippen LogP contribution in [0.1, 0.15) is 0 Å². The summed E-state index contributed by atoms with van der Waals surface area (Å²) in [5, 5.41) is 1.18. The molecule has 3 aromatic rings. The lowest BCUT2D eigenvalue weighted by Crippen LogP contribution is -2.01. The van der Waals surface area contributed by atoms with E-state index in [1.54, 1.807) is 21.3 Å². The second-order valence-electron chi connectivity index (χ2n) is 4.60. The second-order valence-corrected chi connectivity index (χ2v) is 4.60. The molecule has 0 fully saturated rings. The highest BCUT2D eigenvalue weighted by atomic mass is 16.5. The van der Waals surface area contributed by atoms with Crippen LogP contribution in [0.25, 0.3) is 16.6 Å². The quantitative estimate of drug-likeness (QED) is 0.732. The van der Waals surface area contributed by atoms with Gasteiger partial charge in [-0.2, -0.15) is 0 Å². The summed E-state index contributed by atoms with van der Waals surface area (Å²) in [4.78, 5) is 0. The van der Waals surface area contributed by atoms with Gasteiger partial charge in [-0.3, -0.25) is 0 Å². The van der Waals surface area contributed by atoms with Gasteiger partial charge in [-0.25, -0.2) is 0 Å². The molecule has 0 spiro atoms. The number of rotatable bonds is 4. The third kappa shape index (κ3) is 2.09. The van der Waals surface area contributed by atoms with Crippen molar-refractivity contribution in [2.75, 3.05) is 21.3 Å². The van der Waals surface area contributed by atoms with Gasteiger partial charge in [0.25, 0.3) is 0 Å². The van der Waals surface area contributed by atoms with Crippen molar-refractivity contribution in [1.82, 2.24) is 4.57 Å². The van der Waals surface area contributed by atoms with E-state index in [1.165, 1.54) is 5.39 Å². The zero-order chi connectivity index (χ0) is 14.8. The number of methoxy groups -OCH3 is 3. The standard InChI is InChI=1S/C17H17NO3/c1-19-15-9-8-14(16(20-2)17(15)21-3)18-11-10-12-6-4-5-7-13(12)18/h4-11H,1-3H3. The molecule has 0 N–H and O–H groups in total. The highest BCUT2D eigenvalue weighted by molar-refractivity contribution is 5.83.